The van der Waals surface area contributed by atoms with Crippen LogP contribution in [0.5, 0.6) is 5.75 Å². The number of hydrogen-bond donors (Lipinski definition) is 3. The average molecular weight is 573 g/mol. The Labute approximate surface area is 229 Å². The number of carbonyl (C=O) groups is 2. The van der Waals surface area contributed by atoms with Crippen molar-refractivity contribution < 1.29 is 46.1 Å². The van der Waals surface area contributed by atoms with Crippen molar-refractivity contribution in [2.75, 3.05) is 0 Å². The van der Waals surface area contributed by atoms with Gasteiger partial charge in [-0.1, -0.05) is 54.6 Å². The Balaban J connectivity index is 1.52. The van der Waals surface area contributed by atoms with Gasteiger partial charge in [0, 0.05) is 6.42 Å². The first-order valence-electron chi connectivity index (χ1n) is 12.0. The Morgan fingerprint density at radius 1 is 0.683 bits per heavy atom. The minimum Gasteiger partial charge on any atom is -0.507 e. The quantitative estimate of drug-likeness (QED) is 0.204. The Bertz CT molecular complexity index is 1580. The first-order chi connectivity index (χ1) is 19.2. The normalized spacial score (nSPS) is 12.5. The molecule has 0 bridgehead atoms. The Morgan fingerprint density at radius 2 is 1.17 bits per heavy atom. The predicted octanol–water partition coefficient (Wildman–Crippen LogP) is 7.19. The topological polar surface area (TPSA) is 86.6 Å². The van der Waals surface area contributed by atoms with Crippen molar-refractivity contribution in [3.63, 3.8) is 0 Å². The zero-order valence-electron chi connectivity index (χ0n) is 20.9. The lowest BCUT2D eigenvalue weighted by molar-refractivity contribution is -0.139. The molecule has 0 heterocycles. The summed E-state index contributed by atoms with van der Waals surface area (Å²) in [6.07, 6.45) is -9.30. The molecule has 0 aliphatic rings. The van der Waals surface area contributed by atoms with Crippen LogP contribution < -0.4 is 5.32 Å². The van der Waals surface area contributed by atoms with Gasteiger partial charge in [0.15, 0.2) is 0 Å². The molecule has 0 aliphatic heterocycles. The van der Waals surface area contributed by atoms with E-state index in [4.69, 9.17) is 0 Å². The maximum atomic E-state index is 13.1. The number of aliphatic carboxylic acids is 1. The van der Waals surface area contributed by atoms with Gasteiger partial charge in [-0.05, 0) is 64.2 Å². The number of phenols is 1. The molecule has 41 heavy (non-hydrogen) atoms. The lowest BCUT2D eigenvalue weighted by atomic mass is 9.98. The number of carboxylic acid groups (broad SMARTS) is 1. The van der Waals surface area contributed by atoms with Crippen molar-refractivity contribution in [3.8, 4) is 28.0 Å². The first-order valence-corrected chi connectivity index (χ1v) is 12.0. The molecule has 212 valence electrons. The van der Waals surface area contributed by atoms with Gasteiger partial charge < -0.3 is 15.5 Å². The molecule has 0 saturated heterocycles. The highest BCUT2D eigenvalue weighted by Crippen LogP contribution is 2.34. The predicted molar refractivity (Wildman–Crippen MR) is 138 cm³/mol. The summed E-state index contributed by atoms with van der Waals surface area (Å²) in [7, 11) is 0. The number of hydrogen-bond acceptors (Lipinski definition) is 3. The number of carbonyl (C=O) groups excluding carboxylic acids is 1. The first kappa shape index (κ1) is 29.2. The molecule has 0 aromatic heterocycles. The van der Waals surface area contributed by atoms with Crippen molar-refractivity contribution >= 4 is 11.9 Å². The third-order valence-electron chi connectivity index (χ3n) is 6.28. The van der Waals surface area contributed by atoms with Gasteiger partial charge in [0.05, 0.1) is 16.7 Å². The number of amides is 1. The van der Waals surface area contributed by atoms with Crippen molar-refractivity contribution in [2.24, 2.45) is 0 Å². The van der Waals surface area contributed by atoms with Crippen molar-refractivity contribution in [1.82, 2.24) is 5.32 Å². The standard InChI is InChI=1S/C30H21F6NO4/c31-29(32,33)22-5-1-3-19(14-22)18-9-7-17(8-10-18)13-25(28(40)41)37-27(39)24-16-21(11-12-26(24)38)20-4-2-6-23(15-20)30(34,35)36/h1-12,14-16,25,38H,13H2,(H,37,39)(H,40,41)/t25-/m0/s1. The van der Waals surface area contributed by atoms with Crippen LogP contribution in [-0.4, -0.2) is 28.1 Å². The van der Waals surface area contributed by atoms with E-state index in [-0.39, 0.29) is 23.1 Å². The van der Waals surface area contributed by atoms with Crippen LogP contribution in [0.3, 0.4) is 0 Å². The molecule has 4 aromatic carbocycles. The van der Waals surface area contributed by atoms with E-state index in [0.29, 0.717) is 16.7 Å². The maximum Gasteiger partial charge on any atom is 0.416 e. The van der Waals surface area contributed by atoms with Crippen LogP contribution in [0.1, 0.15) is 27.0 Å². The molecular weight excluding hydrogens is 552 g/mol. The highest BCUT2D eigenvalue weighted by Gasteiger charge is 2.31. The lowest BCUT2D eigenvalue weighted by Gasteiger charge is -2.16. The lowest BCUT2D eigenvalue weighted by Crippen LogP contribution is -2.42. The third kappa shape index (κ3) is 7.05. The van der Waals surface area contributed by atoms with Crippen LogP contribution in [0.4, 0.5) is 26.3 Å². The molecule has 1 atom stereocenters. The van der Waals surface area contributed by atoms with Gasteiger partial charge in [-0.15, -0.1) is 0 Å². The van der Waals surface area contributed by atoms with E-state index in [0.717, 1.165) is 36.4 Å². The third-order valence-corrected chi connectivity index (χ3v) is 6.28. The number of nitrogens with one attached hydrogen (secondary N) is 1. The molecule has 0 aliphatic carbocycles. The molecule has 0 fully saturated rings. The van der Waals surface area contributed by atoms with E-state index < -0.39 is 47.1 Å². The number of rotatable bonds is 7. The molecule has 0 spiro atoms. The fraction of sp³-hybridized carbons (Fsp3) is 0.133. The van der Waals surface area contributed by atoms with Gasteiger partial charge in [-0.25, -0.2) is 4.79 Å². The molecule has 0 radical (unpaired) electrons. The Hall–Kier alpha value is -4.80. The van der Waals surface area contributed by atoms with E-state index in [2.05, 4.69) is 5.32 Å². The molecule has 0 saturated carbocycles. The number of aromatic hydroxyl groups is 1. The van der Waals surface area contributed by atoms with Crippen LogP contribution >= 0.6 is 0 Å². The van der Waals surface area contributed by atoms with Gasteiger partial charge in [0.25, 0.3) is 5.91 Å². The second-order valence-electron chi connectivity index (χ2n) is 9.15. The summed E-state index contributed by atoms with van der Waals surface area (Å²) < 4.78 is 78.5. The molecule has 4 rings (SSSR count). The van der Waals surface area contributed by atoms with E-state index in [1.54, 1.807) is 0 Å². The fourth-order valence-electron chi connectivity index (χ4n) is 4.15. The summed E-state index contributed by atoms with van der Waals surface area (Å²) in [5.74, 6) is -2.87. The summed E-state index contributed by atoms with van der Waals surface area (Å²) in [5, 5.41) is 22.2. The largest absolute Gasteiger partial charge is 0.507 e. The zero-order valence-corrected chi connectivity index (χ0v) is 20.9. The molecule has 4 aromatic rings. The number of halogens is 6. The summed E-state index contributed by atoms with van der Waals surface area (Å²) in [6, 6.07) is 17.3. The van der Waals surface area contributed by atoms with Crippen molar-refractivity contribution in [1.29, 1.82) is 0 Å². The fourth-order valence-corrected chi connectivity index (χ4v) is 4.15. The SMILES string of the molecule is O=C(N[C@@H](Cc1ccc(-c2cccc(C(F)(F)F)c2)cc1)C(=O)O)c1cc(-c2cccc(C(F)(F)F)c2)ccc1O. The highest BCUT2D eigenvalue weighted by molar-refractivity contribution is 6.00. The van der Waals surface area contributed by atoms with E-state index >= 15 is 0 Å². The molecular formula is C30H21F6NO4. The highest BCUT2D eigenvalue weighted by atomic mass is 19.4. The van der Waals surface area contributed by atoms with Crippen LogP contribution in [0.2, 0.25) is 0 Å². The minimum absolute atomic E-state index is 0.129. The number of benzene rings is 4. The van der Waals surface area contributed by atoms with E-state index in [9.17, 15) is 46.1 Å². The van der Waals surface area contributed by atoms with E-state index in [1.807, 2.05) is 0 Å². The van der Waals surface area contributed by atoms with Crippen LogP contribution in [-0.2, 0) is 23.6 Å². The van der Waals surface area contributed by atoms with Crippen molar-refractivity contribution in [2.45, 2.75) is 24.8 Å². The smallest absolute Gasteiger partial charge is 0.416 e. The average Bonchev–Trinajstić information content (AvgIpc) is 2.92. The summed E-state index contributed by atoms with van der Waals surface area (Å²) >= 11 is 0. The molecule has 5 nitrogen and oxygen atoms in total. The second-order valence-corrected chi connectivity index (χ2v) is 9.15. The zero-order chi connectivity index (χ0) is 29.9. The van der Waals surface area contributed by atoms with Crippen molar-refractivity contribution in [3.05, 3.63) is 113 Å². The summed E-state index contributed by atoms with van der Waals surface area (Å²) in [5.41, 5.74) is -0.507. The van der Waals surface area contributed by atoms with E-state index in [1.165, 1.54) is 54.6 Å². The van der Waals surface area contributed by atoms with Crippen LogP contribution in [0.25, 0.3) is 22.3 Å². The van der Waals surface area contributed by atoms with Gasteiger partial charge in [0.2, 0.25) is 0 Å². The molecule has 3 N–H and O–H groups in total. The number of alkyl halides is 6. The molecule has 0 unspecified atom stereocenters. The monoisotopic (exact) mass is 573 g/mol. The summed E-state index contributed by atoms with van der Waals surface area (Å²) in [4.78, 5) is 24.8. The van der Waals surface area contributed by atoms with Gasteiger partial charge in [-0.3, -0.25) is 4.79 Å². The minimum atomic E-state index is -4.59. The molecule has 1 amide bonds. The Morgan fingerprint density at radius 3 is 1.68 bits per heavy atom. The number of phenolic OH excluding ortho intramolecular Hbond substituents is 1. The summed E-state index contributed by atoms with van der Waals surface area (Å²) in [6.45, 7) is 0. The molecule has 11 heteroatoms. The number of carboxylic acids is 1. The van der Waals surface area contributed by atoms with Crippen LogP contribution in [0.15, 0.2) is 91.0 Å². The van der Waals surface area contributed by atoms with Gasteiger partial charge in [-0.2, -0.15) is 26.3 Å². The van der Waals surface area contributed by atoms with Crippen LogP contribution in [0, 0.1) is 0 Å². The maximum absolute atomic E-state index is 13.1. The Kier molecular flexibility index (Phi) is 8.09. The second kappa shape index (κ2) is 11.4. The van der Waals surface area contributed by atoms with Gasteiger partial charge in [0.1, 0.15) is 11.8 Å². The van der Waals surface area contributed by atoms with Gasteiger partial charge >= 0.3 is 18.3 Å².